The van der Waals surface area contributed by atoms with Gasteiger partial charge in [-0.1, -0.05) is 42.5 Å². The van der Waals surface area contributed by atoms with E-state index in [9.17, 15) is 15.0 Å². The molecule has 2 N–H and O–H groups in total. The molecule has 3 atom stereocenters. The molecule has 2 aliphatic rings. The van der Waals surface area contributed by atoms with Crippen molar-refractivity contribution in [1.29, 1.82) is 0 Å². The summed E-state index contributed by atoms with van der Waals surface area (Å²) in [5, 5.41) is 19.8. The lowest BCUT2D eigenvalue weighted by Crippen LogP contribution is -2.50. The van der Waals surface area contributed by atoms with E-state index in [1.807, 2.05) is 54.6 Å². The molecule has 1 amide bonds. The van der Waals surface area contributed by atoms with E-state index in [2.05, 4.69) is 4.90 Å². The summed E-state index contributed by atoms with van der Waals surface area (Å²) in [6, 6.07) is 18.1. The summed E-state index contributed by atoms with van der Waals surface area (Å²) in [5.74, 6) is 0.527. The number of aliphatic hydroxyl groups is 1. The predicted molar refractivity (Wildman–Crippen MR) is 147 cm³/mol. The lowest BCUT2D eigenvalue weighted by molar-refractivity contribution is -0.00460. The van der Waals surface area contributed by atoms with Gasteiger partial charge in [-0.3, -0.25) is 4.90 Å². The molecule has 0 aromatic heterocycles. The summed E-state index contributed by atoms with van der Waals surface area (Å²) in [4.78, 5) is 15.5. The standard InChI is InChI=1S/C30H42N2O7/c33-21-26-19-32(30(34)35)20-27(23-38-18-13-31-11-16-36-17-12-31)29(26)25-7-9-28(10-8-25)39-15-4-14-37-22-24-5-2-1-3-6-24/h1-3,5-10,26-27,29,33H,4,11-23H2,(H,34,35). The molecule has 3 unspecified atom stereocenters. The zero-order valence-corrected chi connectivity index (χ0v) is 22.7. The topological polar surface area (TPSA) is 101 Å². The molecule has 2 fully saturated rings. The van der Waals surface area contributed by atoms with Crippen LogP contribution in [-0.2, 0) is 20.8 Å². The Labute approximate surface area is 231 Å². The van der Waals surface area contributed by atoms with Crippen LogP contribution in [0.15, 0.2) is 54.6 Å². The van der Waals surface area contributed by atoms with Crippen molar-refractivity contribution in [2.24, 2.45) is 11.8 Å². The number of likely N-dealkylation sites (tertiary alicyclic amines) is 1. The molecule has 2 aromatic rings. The Morgan fingerprint density at radius 2 is 1.67 bits per heavy atom. The Kier molecular flexibility index (Phi) is 11.9. The Balaban J connectivity index is 1.27. The summed E-state index contributed by atoms with van der Waals surface area (Å²) in [6.07, 6.45) is -0.166. The number of piperidine rings is 1. The van der Waals surface area contributed by atoms with E-state index in [4.69, 9.17) is 18.9 Å². The number of carbonyl (C=O) groups is 1. The summed E-state index contributed by atoms with van der Waals surface area (Å²) < 4.78 is 23.1. The monoisotopic (exact) mass is 542 g/mol. The van der Waals surface area contributed by atoms with Crippen LogP contribution in [0.25, 0.3) is 0 Å². The van der Waals surface area contributed by atoms with Crippen LogP contribution in [0, 0.1) is 11.8 Å². The summed E-state index contributed by atoms with van der Waals surface area (Å²) in [5.41, 5.74) is 2.23. The Bertz CT molecular complexity index is 969. The summed E-state index contributed by atoms with van der Waals surface area (Å²) in [6.45, 7) is 7.56. The molecule has 0 saturated carbocycles. The maximum Gasteiger partial charge on any atom is 0.407 e. The molecule has 2 saturated heterocycles. The van der Waals surface area contributed by atoms with Crippen LogP contribution in [-0.4, -0.2) is 105 Å². The minimum Gasteiger partial charge on any atom is -0.494 e. The SMILES string of the molecule is O=C(O)N1CC(CO)C(c2ccc(OCCCOCc3ccccc3)cc2)C(COCCN2CCOCC2)C1. The lowest BCUT2D eigenvalue weighted by Gasteiger charge is -2.42. The third-order valence-electron chi connectivity index (χ3n) is 7.50. The smallest absolute Gasteiger partial charge is 0.407 e. The summed E-state index contributed by atoms with van der Waals surface area (Å²) >= 11 is 0. The highest BCUT2D eigenvalue weighted by molar-refractivity contribution is 5.65. The molecule has 214 valence electrons. The van der Waals surface area contributed by atoms with Gasteiger partial charge in [0, 0.05) is 57.6 Å². The van der Waals surface area contributed by atoms with Gasteiger partial charge >= 0.3 is 6.09 Å². The number of aliphatic hydroxyl groups excluding tert-OH is 1. The van der Waals surface area contributed by atoms with Crippen LogP contribution in [0.4, 0.5) is 4.79 Å². The molecule has 0 radical (unpaired) electrons. The van der Waals surface area contributed by atoms with Gasteiger partial charge in [0.05, 0.1) is 46.2 Å². The number of carboxylic acid groups (broad SMARTS) is 1. The average Bonchev–Trinajstić information content (AvgIpc) is 2.98. The van der Waals surface area contributed by atoms with E-state index in [1.165, 1.54) is 4.90 Å². The largest absolute Gasteiger partial charge is 0.494 e. The zero-order chi connectivity index (χ0) is 27.3. The van der Waals surface area contributed by atoms with E-state index in [-0.39, 0.29) is 24.4 Å². The molecule has 2 aliphatic heterocycles. The van der Waals surface area contributed by atoms with Crippen molar-refractivity contribution < 1.29 is 34.0 Å². The Morgan fingerprint density at radius 1 is 0.923 bits per heavy atom. The predicted octanol–water partition coefficient (Wildman–Crippen LogP) is 3.32. The molecule has 9 nitrogen and oxygen atoms in total. The fourth-order valence-electron chi connectivity index (χ4n) is 5.44. The van der Waals surface area contributed by atoms with Gasteiger partial charge < -0.3 is 34.1 Å². The number of amides is 1. The normalized spacial score (nSPS) is 22.1. The quantitative estimate of drug-likeness (QED) is 0.351. The number of rotatable bonds is 14. The number of hydrogen-bond donors (Lipinski definition) is 2. The maximum absolute atomic E-state index is 11.8. The fourth-order valence-corrected chi connectivity index (χ4v) is 5.44. The zero-order valence-electron chi connectivity index (χ0n) is 22.7. The lowest BCUT2D eigenvalue weighted by atomic mass is 9.74. The maximum atomic E-state index is 11.8. The van der Waals surface area contributed by atoms with E-state index < -0.39 is 6.09 Å². The minimum absolute atomic E-state index is 0.00516. The van der Waals surface area contributed by atoms with Crippen LogP contribution < -0.4 is 4.74 Å². The average molecular weight is 543 g/mol. The van der Waals surface area contributed by atoms with Gasteiger partial charge in [-0.2, -0.15) is 0 Å². The highest BCUT2D eigenvalue weighted by Gasteiger charge is 2.39. The number of hydrogen-bond acceptors (Lipinski definition) is 7. The first-order chi connectivity index (χ1) is 19.1. The first-order valence-electron chi connectivity index (χ1n) is 13.9. The minimum atomic E-state index is -0.957. The van der Waals surface area contributed by atoms with Crippen molar-refractivity contribution in [3.8, 4) is 5.75 Å². The highest BCUT2D eigenvalue weighted by Crippen LogP contribution is 2.38. The molecule has 2 aromatic carbocycles. The van der Waals surface area contributed by atoms with Gasteiger partial charge in [-0.15, -0.1) is 0 Å². The number of benzene rings is 2. The van der Waals surface area contributed by atoms with Crippen molar-refractivity contribution in [3.63, 3.8) is 0 Å². The van der Waals surface area contributed by atoms with Crippen LogP contribution >= 0.6 is 0 Å². The molecule has 39 heavy (non-hydrogen) atoms. The van der Waals surface area contributed by atoms with Crippen molar-refractivity contribution in [3.05, 3.63) is 65.7 Å². The molecule has 0 aliphatic carbocycles. The molecule has 0 spiro atoms. The molecule has 2 heterocycles. The third kappa shape index (κ3) is 9.19. The number of morpholine rings is 1. The third-order valence-corrected chi connectivity index (χ3v) is 7.50. The van der Waals surface area contributed by atoms with E-state index in [0.29, 0.717) is 46.1 Å². The van der Waals surface area contributed by atoms with Crippen molar-refractivity contribution >= 4 is 6.09 Å². The molecule has 0 bridgehead atoms. The second-order valence-corrected chi connectivity index (χ2v) is 10.3. The van der Waals surface area contributed by atoms with Crippen LogP contribution in [0.2, 0.25) is 0 Å². The second-order valence-electron chi connectivity index (χ2n) is 10.3. The molecular formula is C30H42N2O7. The Morgan fingerprint density at radius 3 is 2.38 bits per heavy atom. The van der Waals surface area contributed by atoms with Crippen molar-refractivity contribution in [1.82, 2.24) is 9.80 Å². The molecule has 9 heteroatoms. The summed E-state index contributed by atoms with van der Waals surface area (Å²) in [7, 11) is 0. The van der Waals surface area contributed by atoms with E-state index in [0.717, 1.165) is 56.1 Å². The van der Waals surface area contributed by atoms with E-state index in [1.54, 1.807) is 0 Å². The van der Waals surface area contributed by atoms with Crippen molar-refractivity contribution in [2.75, 3.05) is 79.0 Å². The number of nitrogens with zero attached hydrogens (tertiary/aromatic N) is 2. The van der Waals surface area contributed by atoms with Gasteiger partial charge in [0.2, 0.25) is 0 Å². The van der Waals surface area contributed by atoms with Gasteiger partial charge in [-0.25, -0.2) is 4.79 Å². The first kappa shape index (κ1) is 29.3. The van der Waals surface area contributed by atoms with Gasteiger partial charge in [0.1, 0.15) is 5.75 Å². The van der Waals surface area contributed by atoms with Crippen LogP contribution in [0.1, 0.15) is 23.5 Å². The van der Waals surface area contributed by atoms with Gasteiger partial charge in [-0.05, 0) is 29.2 Å². The fraction of sp³-hybridized carbons (Fsp3) is 0.567. The first-order valence-corrected chi connectivity index (χ1v) is 13.9. The molecule has 4 rings (SSSR count). The Hall–Kier alpha value is -2.69. The van der Waals surface area contributed by atoms with Gasteiger partial charge in [0.15, 0.2) is 0 Å². The van der Waals surface area contributed by atoms with Crippen LogP contribution in [0.5, 0.6) is 5.75 Å². The highest BCUT2D eigenvalue weighted by atomic mass is 16.5. The number of ether oxygens (including phenoxy) is 4. The van der Waals surface area contributed by atoms with Crippen LogP contribution in [0.3, 0.4) is 0 Å². The van der Waals surface area contributed by atoms with Crippen molar-refractivity contribution in [2.45, 2.75) is 18.9 Å². The van der Waals surface area contributed by atoms with Gasteiger partial charge in [0.25, 0.3) is 0 Å². The molecular weight excluding hydrogens is 500 g/mol. The van der Waals surface area contributed by atoms with E-state index >= 15 is 0 Å². The second kappa shape index (κ2) is 15.8.